The first-order valence-corrected chi connectivity index (χ1v) is 12.7. The molecule has 2 atom stereocenters. The molecular weight excluding hydrogens is 509 g/mol. The highest BCUT2D eigenvalue weighted by molar-refractivity contribution is 7.13. The Labute approximate surface area is 216 Å². The fraction of sp³-hybridized carbons (Fsp3) is 0.333. The van der Waals surface area contributed by atoms with Gasteiger partial charge in [0, 0.05) is 43.3 Å². The summed E-state index contributed by atoms with van der Waals surface area (Å²) >= 11 is 7.02. The molecule has 0 aliphatic carbocycles. The van der Waals surface area contributed by atoms with E-state index in [4.69, 9.17) is 11.6 Å². The SMILES string of the molecule is CC.O=C(O)c1cc(CN2C[C@H]3CC2CN3C(=O)c2cccc(Cl)c2F)nc(N(O)c2nccs2)c1. The van der Waals surface area contributed by atoms with Gasteiger partial charge in [0.05, 0.1) is 21.8 Å². The van der Waals surface area contributed by atoms with Crippen LogP contribution in [0.2, 0.25) is 5.02 Å². The van der Waals surface area contributed by atoms with Crippen molar-refractivity contribution in [3.63, 3.8) is 0 Å². The fourth-order valence-corrected chi connectivity index (χ4v) is 5.26. The molecule has 1 amide bonds. The molecule has 0 radical (unpaired) electrons. The number of halogens is 2. The van der Waals surface area contributed by atoms with Gasteiger partial charge in [0.15, 0.2) is 11.6 Å². The molecular formula is C24H25ClFN5O4S. The van der Waals surface area contributed by atoms with Crippen LogP contribution in [0, 0.1) is 5.82 Å². The summed E-state index contributed by atoms with van der Waals surface area (Å²) < 4.78 is 14.3. The lowest BCUT2D eigenvalue weighted by Gasteiger charge is -2.34. The van der Waals surface area contributed by atoms with E-state index in [9.17, 15) is 24.3 Å². The largest absolute Gasteiger partial charge is 0.478 e. The molecule has 9 nitrogen and oxygen atoms in total. The number of pyridine rings is 1. The molecule has 2 bridgehead atoms. The maximum Gasteiger partial charge on any atom is 0.335 e. The Balaban J connectivity index is 0.00000148. The van der Waals surface area contributed by atoms with Gasteiger partial charge in [-0.25, -0.2) is 19.2 Å². The van der Waals surface area contributed by atoms with Gasteiger partial charge in [-0.05, 0) is 30.7 Å². The summed E-state index contributed by atoms with van der Waals surface area (Å²) in [6.45, 7) is 5.31. The molecule has 0 spiro atoms. The van der Waals surface area contributed by atoms with Crippen LogP contribution in [0.15, 0.2) is 41.9 Å². The average molecular weight is 534 g/mol. The molecule has 0 saturated carbocycles. The molecule has 3 aromatic rings. The monoisotopic (exact) mass is 533 g/mol. The van der Waals surface area contributed by atoms with E-state index in [0.29, 0.717) is 25.3 Å². The second-order valence-electron chi connectivity index (χ2n) is 8.17. The van der Waals surface area contributed by atoms with Gasteiger partial charge in [-0.15, -0.1) is 11.3 Å². The van der Waals surface area contributed by atoms with Gasteiger partial charge < -0.3 is 10.0 Å². The lowest BCUT2D eigenvalue weighted by molar-refractivity contribution is 0.0608. The van der Waals surface area contributed by atoms with Gasteiger partial charge >= 0.3 is 5.97 Å². The minimum absolute atomic E-state index is 0.00630. The number of rotatable bonds is 6. The molecule has 5 rings (SSSR count). The predicted molar refractivity (Wildman–Crippen MR) is 134 cm³/mol. The fourth-order valence-electron chi connectivity index (χ4n) is 4.53. The number of hydrogen-bond donors (Lipinski definition) is 2. The minimum atomic E-state index is -1.14. The van der Waals surface area contributed by atoms with Crippen LogP contribution in [0.1, 0.15) is 46.7 Å². The van der Waals surface area contributed by atoms with E-state index in [0.717, 1.165) is 11.5 Å². The third kappa shape index (κ3) is 5.05. The van der Waals surface area contributed by atoms with Crippen LogP contribution < -0.4 is 5.06 Å². The smallest absolute Gasteiger partial charge is 0.335 e. The van der Waals surface area contributed by atoms with Crippen molar-refractivity contribution in [3.8, 4) is 0 Å². The summed E-state index contributed by atoms with van der Waals surface area (Å²) in [7, 11) is 0. The van der Waals surface area contributed by atoms with Crippen molar-refractivity contribution in [3.05, 3.63) is 69.6 Å². The molecule has 2 aromatic heterocycles. The van der Waals surface area contributed by atoms with E-state index in [1.807, 2.05) is 13.8 Å². The Morgan fingerprint density at radius 3 is 2.67 bits per heavy atom. The van der Waals surface area contributed by atoms with Crippen molar-refractivity contribution in [1.82, 2.24) is 19.8 Å². The molecule has 2 N–H and O–H groups in total. The Hall–Kier alpha value is -3.12. The molecule has 2 aliphatic rings. The zero-order chi connectivity index (χ0) is 26.0. The standard InChI is InChI=1S/C22H19ClFN5O4S.C2H6/c23-17-3-1-2-16(19(17)24)20(30)28-11-14-8-15(28)10-27(14)9-13-6-12(21(31)32)7-18(26-13)29(33)22-25-4-5-34-22;1-2/h1-7,14-15,33H,8-11H2,(H,31,32);1-2H3/t14?,15-;/m1./s1. The number of amides is 1. The van der Waals surface area contributed by atoms with Gasteiger partial charge in [0.2, 0.25) is 5.13 Å². The number of thiazole rings is 1. The van der Waals surface area contributed by atoms with Crippen molar-refractivity contribution >= 4 is 45.8 Å². The number of fused-ring (bicyclic) bond motifs is 2. The number of likely N-dealkylation sites (tertiary alicyclic amines) is 2. The van der Waals surface area contributed by atoms with Crippen molar-refractivity contribution in [2.75, 3.05) is 18.2 Å². The Kier molecular flexibility index (Phi) is 7.84. The van der Waals surface area contributed by atoms with Gasteiger partial charge in [0.25, 0.3) is 5.91 Å². The lowest BCUT2D eigenvalue weighted by atomic mass is 10.1. The number of aromatic nitrogens is 2. The quantitative estimate of drug-likeness (QED) is 0.439. The maximum atomic E-state index is 14.3. The second kappa shape index (κ2) is 10.9. The van der Waals surface area contributed by atoms with Crippen LogP contribution >= 0.6 is 22.9 Å². The normalized spacial score (nSPS) is 18.6. The number of benzene rings is 1. The van der Waals surface area contributed by atoms with E-state index in [-0.39, 0.29) is 45.1 Å². The highest BCUT2D eigenvalue weighted by atomic mass is 35.5. The van der Waals surface area contributed by atoms with E-state index in [1.54, 1.807) is 16.3 Å². The molecule has 1 unspecified atom stereocenters. The average Bonchev–Trinajstić information content (AvgIpc) is 3.64. The van der Waals surface area contributed by atoms with Gasteiger partial charge in [-0.2, -0.15) is 5.06 Å². The van der Waals surface area contributed by atoms with Crippen LogP contribution in [0.25, 0.3) is 0 Å². The first kappa shape index (κ1) is 26.0. The zero-order valence-corrected chi connectivity index (χ0v) is 21.2. The number of carboxylic acid groups (broad SMARTS) is 1. The topological polar surface area (TPSA) is 110 Å². The molecule has 12 heteroatoms. The van der Waals surface area contributed by atoms with Crippen LogP contribution in [0.5, 0.6) is 0 Å². The lowest BCUT2D eigenvalue weighted by Crippen LogP contribution is -2.48. The first-order valence-electron chi connectivity index (χ1n) is 11.4. The summed E-state index contributed by atoms with van der Waals surface area (Å²) in [5.41, 5.74) is 0.419. The van der Waals surface area contributed by atoms with Gasteiger partial charge in [-0.3, -0.25) is 14.9 Å². The number of nitrogens with zero attached hydrogens (tertiary/aromatic N) is 5. The summed E-state index contributed by atoms with van der Waals surface area (Å²) in [4.78, 5) is 36.8. The number of aromatic carboxylic acids is 1. The van der Waals surface area contributed by atoms with Crippen LogP contribution in [-0.2, 0) is 6.54 Å². The van der Waals surface area contributed by atoms with Crippen molar-refractivity contribution in [2.24, 2.45) is 0 Å². The number of carboxylic acids is 1. The number of hydrogen-bond acceptors (Lipinski definition) is 8. The van der Waals surface area contributed by atoms with Crippen LogP contribution in [-0.4, -0.2) is 67.1 Å². The molecule has 2 aliphatic heterocycles. The molecule has 2 saturated heterocycles. The van der Waals surface area contributed by atoms with Crippen molar-refractivity contribution in [1.29, 1.82) is 0 Å². The van der Waals surface area contributed by atoms with Crippen LogP contribution in [0.4, 0.5) is 15.3 Å². The Bertz CT molecular complexity index is 1260. The van der Waals surface area contributed by atoms with Crippen molar-refractivity contribution in [2.45, 2.75) is 38.9 Å². The summed E-state index contributed by atoms with van der Waals surface area (Å²) in [6, 6.07) is 7.07. The third-order valence-electron chi connectivity index (χ3n) is 6.09. The number of piperazine rings is 1. The molecule has 4 heterocycles. The third-order valence-corrected chi connectivity index (χ3v) is 7.13. The van der Waals surface area contributed by atoms with E-state index in [2.05, 4.69) is 14.9 Å². The highest BCUT2D eigenvalue weighted by Gasteiger charge is 2.45. The van der Waals surface area contributed by atoms with Gasteiger partial charge in [-0.1, -0.05) is 31.5 Å². The van der Waals surface area contributed by atoms with E-state index < -0.39 is 11.8 Å². The zero-order valence-electron chi connectivity index (χ0n) is 19.6. The van der Waals surface area contributed by atoms with E-state index >= 15 is 0 Å². The molecule has 1 aromatic carbocycles. The Morgan fingerprint density at radius 2 is 2.03 bits per heavy atom. The van der Waals surface area contributed by atoms with Gasteiger partial charge in [0.1, 0.15) is 0 Å². The number of anilines is 2. The predicted octanol–water partition coefficient (Wildman–Crippen LogP) is 4.68. The highest BCUT2D eigenvalue weighted by Crippen LogP contribution is 2.34. The maximum absolute atomic E-state index is 14.3. The summed E-state index contributed by atoms with van der Waals surface area (Å²) in [5, 5.41) is 22.6. The number of carbonyl (C=O) groups is 2. The van der Waals surface area contributed by atoms with Crippen molar-refractivity contribution < 1.29 is 24.3 Å². The van der Waals surface area contributed by atoms with Crippen LogP contribution in [0.3, 0.4) is 0 Å². The number of carbonyl (C=O) groups excluding carboxylic acids is 1. The summed E-state index contributed by atoms with van der Waals surface area (Å²) in [6.07, 6.45) is 2.25. The Morgan fingerprint density at radius 1 is 1.25 bits per heavy atom. The minimum Gasteiger partial charge on any atom is -0.478 e. The second-order valence-corrected chi connectivity index (χ2v) is 9.45. The first-order chi connectivity index (χ1) is 17.3. The summed E-state index contributed by atoms with van der Waals surface area (Å²) in [5.74, 6) is -2.19. The molecule has 190 valence electrons. The molecule has 36 heavy (non-hydrogen) atoms. The van der Waals surface area contributed by atoms with E-state index in [1.165, 1.54) is 41.8 Å². The molecule has 2 fully saturated rings.